The molecule has 9 nitrogen and oxygen atoms in total. The highest BCUT2D eigenvalue weighted by atomic mass is 19.1. The summed E-state index contributed by atoms with van der Waals surface area (Å²) in [5, 5.41) is 12.0. The number of carbonyl (C=O) groups excluding carboxylic acids is 3. The van der Waals surface area contributed by atoms with Crippen molar-refractivity contribution < 1.29 is 28.7 Å². The van der Waals surface area contributed by atoms with Gasteiger partial charge in [0, 0.05) is 25.8 Å². The lowest BCUT2D eigenvalue weighted by Gasteiger charge is -2.45. The number of halogens is 1. The van der Waals surface area contributed by atoms with E-state index in [9.17, 15) is 28.7 Å². The van der Waals surface area contributed by atoms with Gasteiger partial charge in [-0.3, -0.25) is 14.4 Å². The fourth-order valence-corrected chi connectivity index (χ4v) is 5.65. The van der Waals surface area contributed by atoms with Crippen LogP contribution in [0.2, 0.25) is 0 Å². The van der Waals surface area contributed by atoms with Crippen LogP contribution in [0.4, 0.5) is 10.1 Å². The Morgan fingerprint density at radius 3 is 2.26 bits per heavy atom. The lowest BCUT2D eigenvalue weighted by molar-refractivity contribution is -0.139. The molecule has 0 bridgehead atoms. The first-order chi connectivity index (χ1) is 18.4. The summed E-state index contributed by atoms with van der Waals surface area (Å²) in [7, 11) is 1.74. The largest absolute Gasteiger partial charge is 0.478 e. The zero-order valence-electron chi connectivity index (χ0n) is 22.9. The lowest BCUT2D eigenvalue weighted by Crippen LogP contribution is -2.60. The van der Waals surface area contributed by atoms with Gasteiger partial charge in [-0.25, -0.2) is 9.18 Å². The third-order valence-corrected chi connectivity index (χ3v) is 7.99. The smallest absolute Gasteiger partial charge is 0.335 e. The van der Waals surface area contributed by atoms with Crippen LogP contribution in [0, 0.1) is 18.7 Å². The number of carboxylic acids is 1. The minimum Gasteiger partial charge on any atom is -0.478 e. The number of piperidine rings is 1. The topological polar surface area (TPSA) is 110 Å². The van der Waals surface area contributed by atoms with E-state index in [0.717, 1.165) is 11.3 Å². The molecular weight excluding hydrogens is 503 g/mol. The highest BCUT2D eigenvalue weighted by molar-refractivity contribution is 5.98. The second-order valence-corrected chi connectivity index (χ2v) is 10.8. The molecule has 2 aliphatic heterocycles. The van der Waals surface area contributed by atoms with Crippen LogP contribution in [-0.2, 0) is 9.59 Å². The van der Waals surface area contributed by atoms with Crippen molar-refractivity contribution >= 4 is 29.4 Å². The molecular formula is C29H35FN4O5. The average molecular weight is 539 g/mol. The summed E-state index contributed by atoms with van der Waals surface area (Å²) in [6.07, 6.45) is 0.485. The molecule has 0 aromatic heterocycles. The van der Waals surface area contributed by atoms with Gasteiger partial charge in [-0.1, -0.05) is 25.5 Å². The lowest BCUT2D eigenvalue weighted by atomic mass is 9.84. The number of carbonyl (C=O) groups is 4. The number of aryl methyl sites for hydroxylation is 1. The highest BCUT2D eigenvalue weighted by Crippen LogP contribution is 2.42. The molecule has 2 N–H and O–H groups in total. The summed E-state index contributed by atoms with van der Waals surface area (Å²) in [5.41, 5.74) is 0.642. The van der Waals surface area contributed by atoms with Crippen molar-refractivity contribution in [2.45, 2.75) is 58.3 Å². The number of benzene rings is 2. The van der Waals surface area contributed by atoms with Crippen molar-refractivity contribution in [3.05, 3.63) is 65.0 Å². The van der Waals surface area contributed by atoms with Gasteiger partial charge in [-0.2, -0.15) is 0 Å². The van der Waals surface area contributed by atoms with Crippen LogP contribution in [0.15, 0.2) is 42.5 Å². The molecule has 10 heteroatoms. The number of amides is 3. The zero-order valence-corrected chi connectivity index (χ0v) is 22.9. The first-order valence-corrected chi connectivity index (χ1v) is 13.1. The number of likely N-dealkylation sites (tertiary alicyclic amines) is 1. The van der Waals surface area contributed by atoms with E-state index in [2.05, 4.69) is 5.32 Å². The number of nitrogens with zero attached hydrogens (tertiary/aromatic N) is 3. The van der Waals surface area contributed by atoms with E-state index in [4.69, 9.17) is 0 Å². The van der Waals surface area contributed by atoms with Gasteiger partial charge in [-0.15, -0.1) is 0 Å². The van der Waals surface area contributed by atoms with Crippen LogP contribution in [0.3, 0.4) is 0 Å². The predicted octanol–water partition coefficient (Wildman–Crippen LogP) is 3.27. The van der Waals surface area contributed by atoms with Gasteiger partial charge in [-0.05, 0) is 69.0 Å². The maximum atomic E-state index is 14.3. The number of rotatable bonds is 6. The fourth-order valence-electron chi connectivity index (χ4n) is 5.65. The molecule has 39 heavy (non-hydrogen) atoms. The molecule has 2 heterocycles. The van der Waals surface area contributed by atoms with Gasteiger partial charge < -0.3 is 25.1 Å². The fraction of sp³-hybridized carbons (Fsp3) is 0.448. The molecule has 4 rings (SSSR count). The van der Waals surface area contributed by atoms with Gasteiger partial charge in [0.2, 0.25) is 11.8 Å². The van der Waals surface area contributed by atoms with Crippen molar-refractivity contribution in [3.8, 4) is 0 Å². The van der Waals surface area contributed by atoms with Crippen LogP contribution in [0.1, 0.15) is 59.9 Å². The summed E-state index contributed by atoms with van der Waals surface area (Å²) < 4.78 is 14.3. The molecule has 1 spiro atoms. The van der Waals surface area contributed by atoms with Crippen LogP contribution in [0.5, 0.6) is 0 Å². The van der Waals surface area contributed by atoms with Gasteiger partial charge in [0.25, 0.3) is 5.91 Å². The maximum absolute atomic E-state index is 14.3. The van der Waals surface area contributed by atoms with Gasteiger partial charge in [0.15, 0.2) is 0 Å². The summed E-state index contributed by atoms with van der Waals surface area (Å²) in [4.78, 5) is 56.7. The Kier molecular flexibility index (Phi) is 7.68. The van der Waals surface area contributed by atoms with E-state index in [0.29, 0.717) is 25.9 Å². The number of hydrogen-bond donors (Lipinski definition) is 2. The third-order valence-electron chi connectivity index (χ3n) is 7.99. The first-order valence-electron chi connectivity index (χ1n) is 13.1. The summed E-state index contributed by atoms with van der Waals surface area (Å²) in [6, 6.07) is 9.87. The molecule has 0 unspecified atom stereocenters. The van der Waals surface area contributed by atoms with Crippen LogP contribution in [-0.4, -0.2) is 76.5 Å². The van der Waals surface area contributed by atoms with Crippen molar-refractivity contribution in [3.63, 3.8) is 0 Å². The van der Waals surface area contributed by atoms with Crippen LogP contribution < -0.4 is 10.2 Å². The molecule has 0 radical (unpaired) electrons. The number of nitrogens with one attached hydrogen (secondary N) is 1. The molecule has 0 aliphatic carbocycles. The Bertz CT molecular complexity index is 1290. The van der Waals surface area contributed by atoms with Gasteiger partial charge in [0.1, 0.15) is 23.6 Å². The molecule has 2 fully saturated rings. The monoisotopic (exact) mass is 538 g/mol. The van der Waals surface area contributed by atoms with E-state index in [-0.39, 0.29) is 35.0 Å². The molecule has 2 atom stereocenters. The predicted molar refractivity (Wildman–Crippen MR) is 144 cm³/mol. The summed E-state index contributed by atoms with van der Waals surface area (Å²) in [6.45, 7) is 7.92. The summed E-state index contributed by atoms with van der Waals surface area (Å²) in [5.74, 6) is -2.88. The van der Waals surface area contributed by atoms with E-state index < -0.39 is 29.3 Å². The van der Waals surface area contributed by atoms with E-state index in [1.54, 1.807) is 42.0 Å². The van der Waals surface area contributed by atoms with Crippen molar-refractivity contribution in [1.29, 1.82) is 0 Å². The number of anilines is 1. The minimum absolute atomic E-state index is 0.0481. The van der Waals surface area contributed by atoms with E-state index in [1.165, 1.54) is 24.3 Å². The van der Waals surface area contributed by atoms with Crippen molar-refractivity contribution in [2.24, 2.45) is 5.92 Å². The molecule has 208 valence electrons. The summed E-state index contributed by atoms with van der Waals surface area (Å²) >= 11 is 0. The van der Waals surface area contributed by atoms with Gasteiger partial charge in [0.05, 0.1) is 11.1 Å². The number of aromatic carboxylic acids is 1. The van der Waals surface area contributed by atoms with Gasteiger partial charge >= 0.3 is 5.97 Å². The third kappa shape index (κ3) is 5.07. The van der Waals surface area contributed by atoms with Crippen molar-refractivity contribution in [1.82, 2.24) is 15.1 Å². The number of hydrogen-bond acceptors (Lipinski definition) is 5. The molecule has 2 aromatic carbocycles. The van der Waals surface area contributed by atoms with Crippen LogP contribution in [0.25, 0.3) is 0 Å². The molecule has 3 amide bonds. The molecule has 2 aromatic rings. The molecule has 2 aliphatic rings. The van der Waals surface area contributed by atoms with E-state index >= 15 is 0 Å². The number of likely N-dealkylation sites (N-methyl/N-ethyl adjacent to an activating group) is 1. The minimum atomic E-state index is -1.03. The Morgan fingerprint density at radius 1 is 1.08 bits per heavy atom. The maximum Gasteiger partial charge on any atom is 0.335 e. The second kappa shape index (κ2) is 10.7. The average Bonchev–Trinajstić information content (AvgIpc) is 3.08. The molecule has 0 saturated carbocycles. The first kappa shape index (κ1) is 28.1. The Balaban J connectivity index is 1.53. The van der Waals surface area contributed by atoms with E-state index in [1.807, 2.05) is 25.7 Å². The second-order valence-electron chi connectivity index (χ2n) is 10.8. The molecule has 2 saturated heterocycles. The van der Waals surface area contributed by atoms with Crippen molar-refractivity contribution in [2.75, 3.05) is 25.0 Å². The van der Waals surface area contributed by atoms with Crippen LogP contribution >= 0.6 is 0 Å². The Labute approximate surface area is 227 Å². The zero-order chi connectivity index (χ0) is 28.6. The SMILES string of the molecule is Cc1ccc(F)c(C(=O)N[C@@H](C(=O)N2CCC3(CC2)C(=O)N(C)[C@H](C)N3c2ccc(C(=O)O)cc2)C(C)C)c1. The number of carboxylic acid groups (broad SMARTS) is 1. The Hall–Kier alpha value is -3.95. The Morgan fingerprint density at radius 2 is 1.69 bits per heavy atom. The standard InChI is InChI=1S/C29H35FN4O5/c1-17(2)24(31-25(35)22-16-18(3)6-11-23(22)30)26(36)33-14-12-29(13-15-33)28(39)32(5)19(4)34(29)21-9-7-20(8-10-21)27(37)38/h6-11,16-17,19,24H,12-15H2,1-5H3,(H,31,35)(H,37,38)/t19-,24+/m0/s1. The normalized spacial score (nSPS) is 19.5. The highest BCUT2D eigenvalue weighted by Gasteiger charge is 2.56. The quantitative estimate of drug-likeness (QED) is 0.584.